The van der Waals surface area contributed by atoms with Gasteiger partial charge in [0, 0.05) is 19.0 Å². The van der Waals surface area contributed by atoms with Crippen LogP contribution in [0.4, 0.5) is 9.59 Å². The highest BCUT2D eigenvalue weighted by Crippen LogP contribution is 2.44. The lowest BCUT2D eigenvalue weighted by atomic mass is 9.98. The van der Waals surface area contributed by atoms with E-state index >= 15 is 0 Å². The highest BCUT2D eigenvalue weighted by molar-refractivity contribution is 5.84. The Kier molecular flexibility index (Phi) is 5.54. The van der Waals surface area contributed by atoms with Crippen LogP contribution in [-0.2, 0) is 14.3 Å². The van der Waals surface area contributed by atoms with Crippen molar-refractivity contribution < 1.29 is 29.0 Å². The highest BCUT2D eigenvalue weighted by atomic mass is 16.6. The molecule has 32 heavy (non-hydrogen) atoms. The van der Waals surface area contributed by atoms with Gasteiger partial charge < -0.3 is 19.4 Å². The van der Waals surface area contributed by atoms with E-state index in [2.05, 4.69) is 0 Å². The molecule has 1 heterocycles. The predicted octanol–water partition coefficient (Wildman–Crippen LogP) is 2.56. The molecule has 168 valence electrons. The number of fused-ring (bicyclic) bond motifs is 3. The molecule has 2 amide bonds. The van der Waals surface area contributed by atoms with Gasteiger partial charge >= 0.3 is 12.2 Å². The van der Waals surface area contributed by atoms with Crippen molar-refractivity contribution in [3.05, 3.63) is 59.7 Å². The Balaban J connectivity index is 1.49. The summed E-state index contributed by atoms with van der Waals surface area (Å²) >= 11 is 0. The summed E-state index contributed by atoms with van der Waals surface area (Å²) in [6, 6.07) is 15.8. The number of carboxylic acid groups (broad SMARTS) is 1. The summed E-state index contributed by atoms with van der Waals surface area (Å²) in [5.41, 5.74) is 3.48. The van der Waals surface area contributed by atoms with Gasteiger partial charge in [0.1, 0.15) is 12.2 Å². The lowest BCUT2D eigenvalue weighted by Gasteiger charge is -2.31. The molecule has 0 saturated carbocycles. The predicted molar refractivity (Wildman–Crippen MR) is 114 cm³/mol. The Hall–Kier alpha value is -3.55. The normalized spacial score (nSPS) is 17.7. The standard InChI is InChI=1S/C24H26N2O6/c1-24(2,3)32-23(30)26-13-12-25(20(26)21(27)28)22(29)31-14-19-17-10-6-4-8-15(17)16-9-5-7-11-18(16)19/h4-11,19-20H,12-14H2,1-3H3,(H,27,28)/p-1. The van der Waals surface area contributed by atoms with Crippen LogP contribution in [0.5, 0.6) is 0 Å². The van der Waals surface area contributed by atoms with Gasteiger partial charge in [0.2, 0.25) is 0 Å². The molecule has 8 nitrogen and oxygen atoms in total. The third-order valence-corrected chi connectivity index (χ3v) is 5.58. The number of carboxylic acids is 1. The van der Waals surface area contributed by atoms with E-state index in [-0.39, 0.29) is 25.6 Å². The number of nitrogens with zero attached hydrogens (tertiary/aromatic N) is 2. The van der Waals surface area contributed by atoms with Crippen molar-refractivity contribution in [1.29, 1.82) is 0 Å². The second kappa shape index (κ2) is 8.18. The van der Waals surface area contributed by atoms with Crippen LogP contribution in [0.2, 0.25) is 0 Å². The van der Waals surface area contributed by atoms with E-state index in [1.807, 2.05) is 48.5 Å². The van der Waals surface area contributed by atoms with Crippen molar-refractivity contribution in [3.8, 4) is 11.1 Å². The fraction of sp³-hybridized carbons (Fsp3) is 0.375. The first-order valence-electron chi connectivity index (χ1n) is 10.5. The molecule has 0 spiro atoms. The first-order chi connectivity index (χ1) is 15.2. The van der Waals surface area contributed by atoms with Crippen LogP contribution in [0.25, 0.3) is 11.1 Å². The molecule has 1 unspecified atom stereocenters. The number of carbonyl (C=O) groups is 3. The monoisotopic (exact) mass is 437 g/mol. The second-order valence-corrected chi connectivity index (χ2v) is 8.86. The largest absolute Gasteiger partial charge is 0.546 e. The van der Waals surface area contributed by atoms with Crippen LogP contribution in [-0.4, -0.2) is 59.4 Å². The van der Waals surface area contributed by atoms with Crippen LogP contribution in [0.15, 0.2) is 48.5 Å². The van der Waals surface area contributed by atoms with Gasteiger partial charge in [-0.2, -0.15) is 0 Å². The van der Waals surface area contributed by atoms with E-state index in [4.69, 9.17) is 9.47 Å². The smallest absolute Gasteiger partial charge is 0.412 e. The molecule has 0 N–H and O–H groups in total. The minimum Gasteiger partial charge on any atom is -0.546 e. The number of rotatable bonds is 3. The number of aliphatic carboxylic acids is 1. The fourth-order valence-corrected chi connectivity index (χ4v) is 4.26. The van der Waals surface area contributed by atoms with E-state index in [0.29, 0.717) is 0 Å². The first kappa shape index (κ1) is 21.7. The number of hydrogen-bond donors (Lipinski definition) is 0. The van der Waals surface area contributed by atoms with Gasteiger partial charge in [-0.05, 0) is 43.0 Å². The first-order valence-corrected chi connectivity index (χ1v) is 10.5. The van der Waals surface area contributed by atoms with Gasteiger partial charge in [0.25, 0.3) is 0 Å². The number of amides is 2. The molecular formula is C24H25N2O6-. The van der Waals surface area contributed by atoms with Crippen molar-refractivity contribution in [2.45, 2.75) is 38.5 Å². The molecule has 8 heteroatoms. The molecule has 0 radical (unpaired) electrons. The van der Waals surface area contributed by atoms with E-state index in [1.165, 1.54) is 0 Å². The molecule has 1 aliphatic heterocycles. The second-order valence-electron chi connectivity index (χ2n) is 8.86. The zero-order chi connectivity index (χ0) is 23.0. The quantitative estimate of drug-likeness (QED) is 0.732. The van der Waals surface area contributed by atoms with Crippen molar-refractivity contribution in [2.24, 2.45) is 0 Å². The molecule has 0 aromatic heterocycles. The fourth-order valence-electron chi connectivity index (χ4n) is 4.26. The Labute approximate surface area is 186 Å². The summed E-state index contributed by atoms with van der Waals surface area (Å²) in [6.07, 6.45) is -3.21. The van der Waals surface area contributed by atoms with Crippen molar-refractivity contribution >= 4 is 18.2 Å². The maximum atomic E-state index is 12.8. The summed E-state index contributed by atoms with van der Waals surface area (Å²) < 4.78 is 10.8. The number of carbonyl (C=O) groups excluding carboxylic acids is 3. The number of ether oxygens (including phenoxy) is 2. The minimum atomic E-state index is -1.58. The molecule has 2 aromatic rings. The number of hydrogen-bond acceptors (Lipinski definition) is 6. The minimum absolute atomic E-state index is 0.00850. The zero-order valence-electron chi connectivity index (χ0n) is 18.2. The van der Waals surface area contributed by atoms with E-state index in [1.54, 1.807) is 20.8 Å². The van der Waals surface area contributed by atoms with Gasteiger partial charge in [0.05, 0.1) is 5.97 Å². The molecule has 1 saturated heterocycles. The van der Waals surface area contributed by atoms with E-state index in [9.17, 15) is 19.5 Å². The molecule has 1 aliphatic carbocycles. The summed E-state index contributed by atoms with van der Waals surface area (Å²) in [6.45, 7) is 5.11. The molecule has 1 fully saturated rings. The molecule has 1 atom stereocenters. The maximum absolute atomic E-state index is 12.8. The Bertz CT molecular complexity index is 1010. The summed E-state index contributed by atoms with van der Waals surface area (Å²) in [5.74, 6) is -1.72. The number of benzene rings is 2. The summed E-state index contributed by atoms with van der Waals surface area (Å²) in [7, 11) is 0. The van der Waals surface area contributed by atoms with Crippen molar-refractivity contribution in [3.63, 3.8) is 0 Å². The van der Waals surface area contributed by atoms with Crippen molar-refractivity contribution in [2.75, 3.05) is 19.7 Å². The highest BCUT2D eigenvalue weighted by Gasteiger charge is 2.42. The Morgan fingerprint density at radius 1 is 0.906 bits per heavy atom. The lowest BCUT2D eigenvalue weighted by Crippen LogP contribution is -2.55. The van der Waals surface area contributed by atoms with Crippen LogP contribution < -0.4 is 5.11 Å². The van der Waals surface area contributed by atoms with Crippen LogP contribution in [0.1, 0.15) is 37.8 Å². The van der Waals surface area contributed by atoms with Gasteiger partial charge in [-0.15, -0.1) is 0 Å². The van der Waals surface area contributed by atoms with Crippen molar-refractivity contribution in [1.82, 2.24) is 9.80 Å². The lowest BCUT2D eigenvalue weighted by molar-refractivity contribution is -0.314. The van der Waals surface area contributed by atoms with Crippen LogP contribution >= 0.6 is 0 Å². The third-order valence-electron chi connectivity index (χ3n) is 5.58. The molecule has 2 aliphatic rings. The molecular weight excluding hydrogens is 412 g/mol. The maximum Gasteiger partial charge on any atom is 0.412 e. The summed E-state index contributed by atoms with van der Waals surface area (Å²) in [4.78, 5) is 39.0. The zero-order valence-corrected chi connectivity index (χ0v) is 18.2. The average molecular weight is 437 g/mol. The van der Waals surface area contributed by atoms with E-state index < -0.39 is 29.9 Å². The topological polar surface area (TPSA) is 99.2 Å². The Morgan fingerprint density at radius 2 is 1.41 bits per heavy atom. The Morgan fingerprint density at radius 3 is 1.91 bits per heavy atom. The van der Waals surface area contributed by atoms with Gasteiger partial charge in [0.15, 0.2) is 6.17 Å². The van der Waals surface area contributed by atoms with Gasteiger partial charge in [-0.1, -0.05) is 48.5 Å². The van der Waals surface area contributed by atoms with Crippen LogP contribution in [0.3, 0.4) is 0 Å². The molecule has 2 aromatic carbocycles. The van der Waals surface area contributed by atoms with Gasteiger partial charge in [-0.3, -0.25) is 9.80 Å². The van der Waals surface area contributed by atoms with Crippen LogP contribution in [0, 0.1) is 0 Å². The van der Waals surface area contributed by atoms with Gasteiger partial charge in [-0.25, -0.2) is 9.59 Å². The van der Waals surface area contributed by atoms with E-state index in [0.717, 1.165) is 32.1 Å². The SMILES string of the molecule is CC(C)(C)OC(=O)N1CCN(C(=O)OCC2c3ccccc3-c3ccccc32)C1C(=O)[O-]. The average Bonchev–Trinajstić information content (AvgIpc) is 3.31. The molecule has 4 rings (SSSR count). The summed E-state index contributed by atoms with van der Waals surface area (Å²) in [5, 5.41) is 11.8. The third kappa shape index (κ3) is 4.00. The molecule has 0 bridgehead atoms.